The Bertz CT molecular complexity index is 740. The van der Waals surface area contributed by atoms with E-state index in [9.17, 15) is 9.59 Å². The molecule has 5 heteroatoms. The molecule has 0 atom stereocenters. The topological polar surface area (TPSA) is 75.6 Å². The van der Waals surface area contributed by atoms with E-state index in [0.29, 0.717) is 25.1 Å². The number of anilines is 1. The SMILES string of the molecule is Cc1ccc(C(=O)O)cc1NC(=O)CCCOc1ccccc1C. The van der Waals surface area contributed by atoms with Gasteiger partial charge in [0.2, 0.25) is 5.91 Å². The predicted octanol–water partition coefficient (Wildman–Crippen LogP) is 3.80. The summed E-state index contributed by atoms with van der Waals surface area (Å²) in [6.45, 7) is 4.25. The average molecular weight is 327 g/mol. The minimum absolute atomic E-state index is 0.152. The molecule has 0 aromatic heterocycles. The Kier molecular flexibility index (Phi) is 5.95. The Balaban J connectivity index is 1.82. The second-order valence-electron chi connectivity index (χ2n) is 5.60. The molecule has 0 heterocycles. The molecule has 1 amide bonds. The number of para-hydroxylation sites is 1. The average Bonchev–Trinajstić information content (AvgIpc) is 2.55. The van der Waals surface area contributed by atoms with E-state index in [1.165, 1.54) is 12.1 Å². The lowest BCUT2D eigenvalue weighted by Gasteiger charge is -2.10. The molecule has 126 valence electrons. The molecule has 2 aromatic rings. The van der Waals surface area contributed by atoms with Crippen LogP contribution in [-0.2, 0) is 4.79 Å². The van der Waals surface area contributed by atoms with E-state index in [1.54, 1.807) is 6.07 Å². The molecule has 24 heavy (non-hydrogen) atoms. The smallest absolute Gasteiger partial charge is 0.335 e. The number of aryl methyl sites for hydroxylation is 2. The summed E-state index contributed by atoms with van der Waals surface area (Å²) in [6.07, 6.45) is 0.889. The molecule has 0 aliphatic carbocycles. The highest BCUT2D eigenvalue weighted by molar-refractivity contribution is 5.94. The van der Waals surface area contributed by atoms with Gasteiger partial charge in [0, 0.05) is 12.1 Å². The number of rotatable bonds is 7. The third-order valence-electron chi connectivity index (χ3n) is 3.66. The van der Waals surface area contributed by atoms with Crippen molar-refractivity contribution in [2.45, 2.75) is 26.7 Å². The van der Waals surface area contributed by atoms with Gasteiger partial charge in [0.25, 0.3) is 0 Å². The van der Waals surface area contributed by atoms with Gasteiger partial charge in [0.1, 0.15) is 5.75 Å². The van der Waals surface area contributed by atoms with Crippen molar-refractivity contribution in [3.63, 3.8) is 0 Å². The molecular formula is C19H21NO4. The van der Waals surface area contributed by atoms with Crippen molar-refractivity contribution < 1.29 is 19.4 Å². The Morgan fingerprint density at radius 1 is 1.08 bits per heavy atom. The predicted molar refractivity (Wildman–Crippen MR) is 92.7 cm³/mol. The van der Waals surface area contributed by atoms with Crippen LogP contribution in [0, 0.1) is 13.8 Å². The number of nitrogens with one attached hydrogen (secondary N) is 1. The van der Waals surface area contributed by atoms with E-state index in [-0.39, 0.29) is 11.5 Å². The maximum Gasteiger partial charge on any atom is 0.335 e. The van der Waals surface area contributed by atoms with Crippen molar-refractivity contribution in [1.29, 1.82) is 0 Å². The van der Waals surface area contributed by atoms with Crippen LogP contribution in [-0.4, -0.2) is 23.6 Å². The summed E-state index contributed by atoms with van der Waals surface area (Å²) in [4.78, 5) is 23.0. The van der Waals surface area contributed by atoms with Crippen LogP contribution in [0.5, 0.6) is 5.75 Å². The third-order valence-corrected chi connectivity index (χ3v) is 3.66. The lowest BCUT2D eigenvalue weighted by atomic mass is 10.1. The minimum atomic E-state index is -1.02. The third kappa shape index (κ3) is 4.84. The zero-order valence-electron chi connectivity index (χ0n) is 13.8. The van der Waals surface area contributed by atoms with E-state index in [2.05, 4.69) is 5.32 Å². The summed E-state index contributed by atoms with van der Waals surface area (Å²) >= 11 is 0. The van der Waals surface area contributed by atoms with Crippen molar-refractivity contribution in [3.8, 4) is 5.75 Å². The van der Waals surface area contributed by atoms with Gasteiger partial charge in [-0.3, -0.25) is 4.79 Å². The van der Waals surface area contributed by atoms with Gasteiger partial charge in [-0.2, -0.15) is 0 Å². The molecule has 0 fully saturated rings. The van der Waals surface area contributed by atoms with Crippen LogP contribution in [0.4, 0.5) is 5.69 Å². The number of carboxylic acid groups (broad SMARTS) is 1. The Hall–Kier alpha value is -2.82. The molecule has 2 rings (SSSR count). The summed E-state index contributed by atoms with van der Waals surface area (Å²) < 4.78 is 5.65. The number of amides is 1. The molecule has 0 bridgehead atoms. The number of hydrogen-bond acceptors (Lipinski definition) is 3. The standard InChI is InChI=1S/C19H21NO4/c1-13-9-10-15(19(22)23)12-16(13)20-18(21)8-5-11-24-17-7-4-3-6-14(17)2/h3-4,6-7,9-10,12H,5,8,11H2,1-2H3,(H,20,21)(H,22,23). The number of aromatic carboxylic acids is 1. The number of ether oxygens (including phenoxy) is 1. The molecule has 0 unspecified atom stereocenters. The summed E-state index contributed by atoms with van der Waals surface area (Å²) in [5.41, 5.74) is 2.56. The van der Waals surface area contributed by atoms with Crippen molar-refractivity contribution >= 4 is 17.6 Å². The molecule has 0 saturated heterocycles. The minimum Gasteiger partial charge on any atom is -0.493 e. The molecule has 0 spiro atoms. The van der Waals surface area contributed by atoms with E-state index in [4.69, 9.17) is 9.84 Å². The van der Waals surface area contributed by atoms with Gasteiger partial charge in [-0.1, -0.05) is 24.3 Å². The van der Waals surface area contributed by atoms with Crippen LogP contribution < -0.4 is 10.1 Å². The first-order chi connectivity index (χ1) is 11.5. The second-order valence-corrected chi connectivity index (χ2v) is 5.60. The number of carboxylic acids is 1. The quantitative estimate of drug-likeness (QED) is 0.759. The van der Waals surface area contributed by atoms with Crippen molar-refractivity contribution in [1.82, 2.24) is 0 Å². The zero-order chi connectivity index (χ0) is 17.5. The fourth-order valence-corrected chi connectivity index (χ4v) is 2.24. The van der Waals surface area contributed by atoms with Gasteiger partial charge in [-0.15, -0.1) is 0 Å². The maximum atomic E-state index is 12.0. The molecular weight excluding hydrogens is 306 g/mol. The van der Waals surface area contributed by atoms with E-state index >= 15 is 0 Å². The monoisotopic (exact) mass is 327 g/mol. The number of benzene rings is 2. The largest absolute Gasteiger partial charge is 0.493 e. The molecule has 0 aliphatic heterocycles. The lowest BCUT2D eigenvalue weighted by molar-refractivity contribution is -0.116. The number of carbonyl (C=O) groups excluding carboxylic acids is 1. The van der Waals surface area contributed by atoms with E-state index in [0.717, 1.165) is 16.9 Å². The number of hydrogen-bond donors (Lipinski definition) is 2. The summed E-state index contributed by atoms with van der Waals surface area (Å²) in [5.74, 6) is -0.353. The van der Waals surface area contributed by atoms with Gasteiger partial charge in [-0.05, 0) is 49.6 Å². The highest BCUT2D eigenvalue weighted by Gasteiger charge is 2.09. The fraction of sp³-hybridized carbons (Fsp3) is 0.263. The first-order valence-corrected chi connectivity index (χ1v) is 7.79. The summed E-state index contributed by atoms with van der Waals surface area (Å²) in [7, 11) is 0. The maximum absolute atomic E-state index is 12.0. The Labute approximate surface area is 141 Å². The van der Waals surface area contributed by atoms with Gasteiger partial charge >= 0.3 is 5.97 Å². The van der Waals surface area contributed by atoms with E-state index in [1.807, 2.05) is 38.1 Å². The van der Waals surface area contributed by atoms with Crippen LogP contribution in [0.1, 0.15) is 34.3 Å². The van der Waals surface area contributed by atoms with Crippen molar-refractivity contribution in [3.05, 3.63) is 59.2 Å². The van der Waals surface area contributed by atoms with Crippen molar-refractivity contribution in [2.24, 2.45) is 0 Å². The number of carbonyl (C=O) groups is 2. The molecule has 2 N–H and O–H groups in total. The highest BCUT2D eigenvalue weighted by atomic mass is 16.5. The molecule has 0 saturated carbocycles. The van der Waals surface area contributed by atoms with Gasteiger partial charge in [-0.25, -0.2) is 4.79 Å². The lowest BCUT2D eigenvalue weighted by Crippen LogP contribution is -2.14. The Morgan fingerprint density at radius 3 is 2.54 bits per heavy atom. The highest BCUT2D eigenvalue weighted by Crippen LogP contribution is 2.18. The van der Waals surface area contributed by atoms with Gasteiger partial charge < -0.3 is 15.2 Å². The molecule has 0 radical (unpaired) electrons. The molecule has 2 aromatic carbocycles. The van der Waals surface area contributed by atoms with Crippen LogP contribution in [0.25, 0.3) is 0 Å². The normalized spacial score (nSPS) is 10.2. The second kappa shape index (κ2) is 8.15. The van der Waals surface area contributed by atoms with Crippen LogP contribution in [0.2, 0.25) is 0 Å². The van der Waals surface area contributed by atoms with Crippen molar-refractivity contribution in [2.75, 3.05) is 11.9 Å². The zero-order valence-corrected chi connectivity index (χ0v) is 13.8. The van der Waals surface area contributed by atoms with Gasteiger partial charge in [0.15, 0.2) is 0 Å². The molecule has 0 aliphatic rings. The fourth-order valence-electron chi connectivity index (χ4n) is 2.24. The summed E-state index contributed by atoms with van der Waals surface area (Å²) in [5, 5.41) is 11.8. The Morgan fingerprint density at radius 2 is 1.83 bits per heavy atom. The van der Waals surface area contributed by atoms with Crippen LogP contribution in [0.15, 0.2) is 42.5 Å². The van der Waals surface area contributed by atoms with Crippen LogP contribution in [0.3, 0.4) is 0 Å². The first-order valence-electron chi connectivity index (χ1n) is 7.79. The van der Waals surface area contributed by atoms with Crippen LogP contribution >= 0.6 is 0 Å². The molecule has 5 nitrogen and oxygen atoms in total. The van der Waals surface area contributed by atoms with E-state index < -0.39 is 5.97 Å². The van der Waals surface area contributed by atoms with Gasteiger partial charge in [0.05, 0.1) is 12.2 Å². The summed E-state index contributed by atoms with van der Waals surface area (Å²) in [6, 6.07) is 12.4. The first kappa shape index (κ1) is 17.5.